The highest BCUT2D eigenvalue weighted by atomic mass is 32.2. The Morgan fingerprint density at radius 3 is 2.89 bits per heavy atom. The summed E-state index contributed by atoms with van der Waals surface area (Å²) < 4.78 is 27.8. The molecule has 0 fully saturated rings. The summed E-state index contributed by atoms with van der Waals surface area (Å²) in [5, 5.41) is 1.82. The predicted molar refractivity (Wildman–Crippen MR) is 70.9 cm³/mol. The van der Waals surface area contributed by atoms with Crippen LogP contribution in [0.4, 0.5) is 8.78 Å². The molecular weight excluding hydrogens is 290 g/mol. The lowest BCUT2D eigenvalue weighted by atomic mass is 10.3. The lowest BCUT2D eigenvalue weighted by Crippen LogP contribution is -2.13. The molecule has 100 valence electrons. The predicted octanol–water partition coefficient (Wildman–Crippen LogP) is 2.58. The van der Waals surface area contributed by atoms with Gasteiger partial charge in [0.15, 0.2) is 4.80 Å². The molecule has 1 amide bonds. The number of aryl methyl sites for hydroxylation is 1. The number of halogens is 2. The zero-order valence-corrected chi connectivity index (χ0v) is 11.6. The number of benzene rings is 1. The van der Waals surface area contributed by atoms with Gasteiger partial charge < -0.3 is 4.57 Å². The number of thioether (sulfide) groups is 1. The van der Waals surface area contributed by atoms with Crippen LogP contribution in [0.25, 0.3) is 0 Å². The molecule has 0 aliphatic carbocycles. The lowest BCUT2D eigenvalue weighted by molar-refractivity contribution is -0.115. The molecule has 0 saturated carbocycles. The van der Waals surface area contributed by atoms with E-state index in [-0.39, 0.29) is 16.6 Å². The number of amides is 1. The Bertz CT molecular complexity index is 664. The van der Waals surface area contributed by atoms with Gasteiger partial charge in [-0.15, -0.1) is 23.1 Å². The highest BCUT2D eigenvalue weighted by molar-refractivity contribution is 8.00. The van der Waals surface area contributed by atoms with Crippen molar-refractivity contribution < 1.29 is 13.6 Å². The van der Waals surface area contributed by atoms with Crippen molar-refractivity contribution >= 4 is 29.0 Å². The van der Waals surface area contributed by atoms with Crippen molar-refractivity contribution in [2.75, 3.05) is 5.75 Å². The van der Waals surface area contributed by atoms with Gasteiger partial charge in [-0.2, -0.15) is 4.99 Å². The average molecular weight is 300 g/mol. The zero-order chi connectivity index (χ0) is 13.8. The van der Waals surface area contributed by atoms with Crippen molar-refractivity contribution in [3.63, 3.8) is 0 Å². The van der Waals surface area contributed by atoms with Gasteiger partial charge in [-0.25, -0.2) is 8.78 Å². The normalized spacial score (nSPS) is 11.8. The van der Waals surface area contributed by atoms with Gasteiger partial charge >= 0.3 is 0 Å². The van der Waals surface area contributed by atoms with Crippen LogP contribution < -0.4 is 4.80 Å². The Hall–Kier alpha value is -1.47. The van der Waals surface area contributed by atoms with Crippen molar-refractivity contribution in [1.29, 1.82) is 0 Å². The van der Waals surface area contributed by atoms with Gasteiger partial charge in [-0.05, 0) is 12.1 Å². The van der Waals surface area contributed by atoms with Gasteiger partial charge in [-0.1, -0.05) is 0 Å². The van der Waals surface area contributed by atoms with Crippen molar-refractivity contribution in [2.45, 2.75) is 4.90 Å². The van der Waals surface area contributed by atoms with Crippen LogP contribution in [0.2, 0.25) is 0 Å². The second kappa shape index (κ2) is 6.12. The molecule has 7 heteroatoms. The van der Waals surface area contributed by atoms with Crippen LogP contribution in [0.1, 0.15) is 0 Å². The van der Waals surface area contributed by atoms with E-state index in [4.69, 9.17) is 0 Å². The van der Waals surface area contributed by atoms with Crippen molar-refractivity contribution in [3.8, 4) is 0 Å². The van der Waals surface area contributed by atoms with Crippen molar-refractivity contribution in [2.24, 2.45) is 12.0 Å². The fraction of sp³-hybridized carbons (Fsp3) is 0.167. The largest absolute Gasteiger partial charge is 0.327 e. The van der Waals surface area contributed by atoms with Crippen molar-refractivity contribution in [1.82, 2.24) is 4.57 Å². The Morgan fingerprint density at radius 2 is 2.26 bits per heavy atom. The summed E-state index contributed by atoms with van der Waals surface area (Å²) >= 11 is 2.35. The Kier molecular flexibility index (Phi) is 4.49. The molecule has 1 aromatic carbocycles. The van der Waals surface area contributed by atoms with Crippen LogP contribution >= 0.6 is 23.1 Å². The smallest absolute Gasteiger partial charge is 0.258 e. The number of aromatic nitrogens is 1. The second-order valence-corrected chi connectivity index (χ2v) is 5.56. The molecule has 0 radical (unpaired) electrons. The number of carbonyl (C=O) groups is 1. The highest BCUT2D eigenvalue weighted by Crippen LogP contribution is 2.22. The quantitative estimate of drug-likeness (QED) is 0.817. The van der Waals surface area contributed by atoms with E-state index >= 15 is 0 Å². The van der Waals surface area contributed by atoms with Crippen LogP contribution in [-0.2, 0) is 11.8 Å². The molecule has 0 N–H and O–H groups in total. The first-order valence-electron chi connectivity index (χ1n) is 5.32. The fourth-order valence-electron chi connectivity index (χ4n) is 1.31. The molecule has 0 atom stereocenters. The average Bonchev–Trinajstić information content (AvgIpc) is 2.74. The van der Waals surface area contributed by atoms with E-state index in [0.717, 1.165) is 23.9 Å². The van der Waals surface area contributed by atoms with E-state index in [9.17, 15) is 13.6 Å². The van der Waals surface area contributed by atoms with E-state index in [2.05, 4.69) is 4.99 Å². The third kappa shape index (κ3) is 3.74. The van der Waals surface area contributed by atoms with E-state index in [0.29, 0.717) is 4.80 Å². The SMILES string of the molecule is Cn1ccsc1=NC(=O)CSc1ccc(F)cc1F. The van der Waals surface area contributed by atoms with Crippen LogP contribution in [0.3, 0.4) is 0 Å². The molecule has 1 aromatic heterocycles. The summed E-state index contributed by atoms with van der Waals surface area (Å²) in [5.41, 5.74) is 0. The number of nitrogens with zero attached hydrogens (tertiary/aromatic N) is 2. The molecule has 0 unspecified atom stereocenters. The topological polar surface area (TPSA) is 34.4 Å². The summed E-state index contributed by atoms with van der Waals surface area (Å²) in [6.07, 6.45) is 1.80. The number of hydrogen-bond acceptors (Lipinski definition) is 3. The number of carbonyl (C=O) groups excluding carboxylic acids is 1. The summed E-state index contributed by atoms with van der Waals surface area (Å²) in [7, 11) is 1.79. The van der Waals surface area contributed by atoms with Gasteiger partial charge in [0.05, 0.1) is 5.75 Å². The van der Waals surface area contributed by atoms with E-state index in [1.54, 1.807) is 17.8 Å². The molecule has 1 heterocycles. The summed E-state index contributed by atoms with van der Waals surface area (Å²) in [5.74, 6) is -1.64. The van der Waals surface area contributed by atoms with E-state index in [1.807, 2.05) is 5.38 Å². The third-order valence-corrected chi connectivity index (χ3v) is 4.11. The molecule has 2 rings (SSSR count). The molecule has 0 aliphatic heterocycles. The van der Waals surface area contributed by atoms with Gasteiger partial charge in [0.25, 0.3) is 5.91 Å². The van der Waals surface area contributed by atoms with E-state index < -0.39 is 11.6 Å². The van der Waals surface area contributed by atoms with Crippen LogP contribution in [0, 0.1) is 11.6 Å². The highest BCUT2D eigenvalue weighted by Gasteiger charge is 2.07. The summed E-state index contributed by atoms with van der Waals surface area (Å²) in [4.78, 5) is 16.4. The Labute approximate surface area is 116 Å². The maximum atomic E-state index is 13.3. The van der Waals surface area contributed by atoms with Gasteiger partial charge in [0.2, 0.25) is 0 Å². The Balaban J connectivity index is 2.03. The van der Waals surface area contributed by atoms with Crippen molar-refractivity contribution in [3.05, 3.63) is 46.2 Å². The van der Waals surface area contributed by atoms with Gasteiger partial charge in [-0.3, -0.25) is 4.79 Å². The molecule has 0 spiro atoms. The minimum absolute atomic E-state index is 0.0143. The van der Waals surface area contributed by atoms with Crippen LogP contribution in [-0.4, -0.2) is 16.2 Å². The summed E-state index contributed by atoms with van der Waals surface area (Å²) in [6.45, 7) is 0. The molecule has 0 saturated heterocycles. The molecule has 0 aliphatic rings. The maximum absolute atomic E-state index is 13.3. The summed E-state index contributed by atoms with van der Waals surface area (Å²) in [6, 6.07) is 3.27. The number of hydrogen-bond donors (Lipinski definition) is 0. The first kappa shape index (κ1) is 14.0. The first-order valence-corrected chi connectivity index (χ1v) is 7.18. The van der Waals surface area contributed by atoms with Crippen LogP contribution in [0.5, 0.6) is 0 Å². The fourth-order valence-corrected chi connectivity index (χ4v) is 2.76. The zero-order valence-electron chi connectivity index (χ0n) is 9.97. The number of thiazole rings is 1. The first-order chi connectivity index (χ1) is 9.06. The maximum Gasteiger partial charge on any atom is 0.258 e. The molecular formula is C12H10F2N2OS2. The minimum atomic E-state index is -0.667. The number of rotatable bonds is 3. The second-order valence-electron chi connectivity index (χ2n) is 3.67. The molecule has 3 nitrogen and oxygen atoms in total. The lowest BCUT2D eigenvalue weighted by Gasteiger charge is -2.00. The standard InChI is InChI=1S/C12H10F2N2OS2/c1-16-4-5-18-12(16)15-11(17)7-19-10-3-2-8(13)6-9(10)14/h2-6H,7H2,1H3. The minimum Gasteiger partial charge on any atom is -0.327 e. The third-order valence-electron chi connectivity index (χ3n) is 2.23. The van der Waals surface area contributed by atoms with Gasteiger partial charge in [0.1, 0.15) is 11.6 Å². The van der Waals surface area contributed by atoms with Crippen LogP contribution in [0.15, 0.2) is 39.7 Å². The molecule has 2 aromatic rings. The Morgan fingerprint density at radius 1 is 1.47 bits per heavy atom. The van der Waals surface area contributed by atoms with E-state index in [1.165, 1.54) is 17.4 Å². The molecule has 0 bridgehead atoms. The monoisotopic (exact) mass is 300 g/mol. The molecule has 19 heavy (non-hydrogen) atoms. The van der Waals surface area contributed by atoms with Gasteiger partial charge in [0, 0.05) is 29.6 Å².